The average molecular weight is 169 g/mol. The van der Waals surface area contributed by atoms with E-state index < -0.39 is 0 Å². The van der Waals surface area contributed by atoms with Crippen LogP contribution in [-0.2, 0) is 0 Å². The summed E-state index contributed by atoms with van der Waals surface area (Å²) in [5, 5.41) is 7.14. The van der Waals surface area contributed by atoms with Crippen molar-refractivity contribution in [2.45, 2.75) is 18.4 Å². The number of nitrogens with one attached hydrogen (secondary N) is 2. The topological polar surface area (TPSA) is 27.3 Å². The molecule has 2 heterocycles. The lowest BCUT2D eigenvalue weighted by molar-refractivity contribution is 0.128. The molecular formula is C9H19N3. The van der Waals surface area contributed by atoms with E-state index in [1.165, 1.54) is 25.9 Å². The fraction of sp³-hybridized carbons (Fsp3) is 1.00. The lowest BCUT2D eigenvalue weighted by Gasteiger charge is -2.45. The van der Waals surface area contributed by atoms with Gasteiger partial charge in [-0.05, 0) is 26.4 Å². The van der Waals surface area contributed by atoms with E-state index >= 15 is 0 Å². The molecule has 2 N–H and O–H groups in total. The molecule has 0 aromatic rings. The Morgan fingerprint density at radius 1 is 1.33 bits per heavy atom. The van der Waals surface area contributed by atoms with E-state index in [1.54, 1.807) is 0 Å². The highest BCUT2D eigenvalue weighted by atomic mass is 15.2. The molecule has 0 aliphatic carbocycles. The van der Waals surface area contributed by atoms with Crippen LogP contribution in [0.4, 0.5) is 0 Å². The summed E-state index contributed by atoms with van der Waals surface area (Å²) in [6, 6.07) is 0. The predicted octanol–water partition coefficient (Wildman–Crippen LogP) is -0.356. The van der Waals surface area contributed by atoms with E-state index in [-0.39, 0.29) is 0 Å². The van der Waals surface area contributed by atoms with Crippen molar-refractivity contribution in [2.75, 3.05) is 39.8 Å². The van der Waals surface area contributed by atoms with Crippen LogP contribution in [0.5, 0.6) is 0 Å². The van der Waals surface area contributed by atoms with Crippen LogP contribution in [0.3, 0.4) is 0 Å². The third-order valence-corrected chi connectivity index (χ3v) is 3.03. The van der Waals surface area contributed by atoms with Gasteiger partial charge in [-0.2, -0.15) is 0 Å². The number of rotatable bonds is 0. The fourth-order valence-corrected chi connectivity index (χ4v) is 2.46. The molecule has 0 saturated carbocycles. The molecule has 2 aliphatic rings. The third-order valence-electron chi connectivity index (χ3n) is 3.03. The largest absolute Gasteiger partial charge is 0.314 e. The zero-order valence-electron chi connectivity index (χ0n) is 7.90. The van der Waals surface area contributed by atoms with Gasteiger partial charge in [0.15, 0.2) is 0 Å². The number of piperidine rings is 1. The number of likely N-dealkylation sites (N-methyl/N-ethyl adjacent to an activating group) is 1. The lowest BCUT2D eigenvalue weighted by Crippen LogP contribution is -2.65. The Morgan fingerprint density at radius 3 is 2.92 bits per heavy atom. The minimum absolute atomic E-state index is 0.394. The maximum atomic E-state index is 3.66. The minimum Gasteiger partial charge on any atom is -0.314 e. The summed E-state index contributed by atoms with van der Waals surface area (Å²) in [5.41, 5.74) is 0.394. The lowest BCUT2D eigenvalue weighted by atomic mass is 9.88. The highest BCUT2D eigenvalue weighted by Gasteiger charge is 2.34. The van der Waals surface area contributed by atoms with Crippen LogP contribution in [0.1, 0.15) is 12.8 Å². The molecule has 1 atom stereocenters. The van der Waals surface area contributed by atoms with E-state index in [2.05, 4.69) is 22.6 Å². The van der Waals surface area contributed by atoms with Crippen LogP contribution >= 0.6 is 0 Å². The molecule has 1 spiro atoms. The molecule has 1 unspecified atom stereocenters. The fourth-order valence-electron chi connectivity index (χ4n) is 2.46. The van der Waals surface area contributed by atoms with Gasteiger partial charge in [-0.1, -0.05) is 0 Å². The average Bonchev–Trinajstić information content (AvgIpc) is 2.05. The quantitative estimate of drug-likeness (QED) is 0.519. The molecule has 0 aromatic heterocycles. The number of nitrogens with zero attached hydrogens (tertiary/aromatic N) is 1. The van der Waals surface area contributed by atoms with Crippen LogP contribution in [0, 0.1) is 0 Å². The van der Waals surface area contributed by atoms with Crippen molar-refractivity contribution in [3.8, 4) is 0 Å². The van der Waals surface area contributed by atoms with Crippen molar-refractivity contribution in [1.82, 2.24) is 15.5 Å². The highest BCUT2D eigenvalue weighted by molar-refractivity contribution is 4.97. The number of piperazine rings is 1. The normalized spacial score (nSPS) is 38.8. The summed E-state index contributed by atoms with van der Waals surface area (Å²) in [6.07, 6.45) is 2.68. The summed E-state index contributed by atoms with van der Waals surface area (Å²) >= 11 is 0. The summed E-state index contributed by atoms with van der Waals surface area (Å²) in [7, 11) is 2.22. The smallest absolute Gasteiger partial charge is 0.0435 e. The number of hydrogen-bond donors (Lipinski definition) is 2. The van der Waals surface area contributed by atoms with Gasteiger partial charge in [0.1, 0.15) is 0 Å². The van der Waals surface area contributed by atoms with Crippen molar-refractivity contribution in [3.63, 3.8) is 0 Å². The van der Waals surface area contributed by atoms with E-state index in [9.17, 15) is 0 Å². The minimum atomic E-state index is 0.394. The van der Waals surface area contributed by atoms with E-state index in [1.807, 2.05) is 0 Å². The Bertz CT molecular complexity index is 146. The molecule has 2 saturated heterocycles. The molecule has 3 heteroatoms. The monoisotopic (exact) mass is 169 g/mol. The van der Waals surface area contributed by atoms with Gasteiger partial charge in [0, 0.05) is 31.7 Å². The van der Waals surface area contributed by atoms with Crippen LogP contribution < -0.4 is 10.6 Å². The van der Waals surface area contributed by atoms with Crippen LogP contribution in [0.15, 0.2) is 0 Å². The van der Waals surface area contributed by atoms with Gasteiger partial charge < -0.3 is 15.5 Å². The standard InChI is InChI=1S/C9H19N3/c1-12-6-2-3-9(8-12)7-10-4-5-11-9/h10-11H,2-8H2,1H3. The first-order valence-corrected chi connectivity index (χ1v) is 4.95. The SMILES string of the molecule is CN1CCCC2(CNCCN2)C1. The van der Waals surface area contributed by atoms with Gasteiger partial charge in [0.25, 0.3) is 0 Å². The molecule has 3 nitrogen and oxygen atoms in total. The van der Waals surface area contributed by atoms with Crippen LogP contribution in [-0.4, -0.2) is 50.2 Å². The van der Waals surface area contributed by atoms with Crippen LogP contribution in [0.25, 0.3) is 0 Å². The Morgan fingerprint density at radius 2 is 2.25 bits per heavy atom. The number of hydrogen-bond acceptors (Lipinski definition) is 3. The number of likely N-dealkylation sites (tertiary alicyclic amines) is 1. The van der Waals surface area contributed by atoms with Gasteiger partial charge in [-0.15, -0.1) is 0 Å². The summed E-state index contributed by atoms with van der Waals surface area (Å²) < 4.78 is 0. The predicted molar refractivity (Wildman–Crippen MR) is 50.3 cm³/mol. The Hall–Kier alpha value is -0.120. The third kappa shape index (κ3) is 1.63. The van der Waals surface area contributed by atoms with E-state index in [0.29, 0.717) is 5.54 Å². The van der Waals surface area contributed by atoms with Crippen molar-refractivity contribution in [2.24, 2.45) is 0 Å². The van der Waals surface area contributed by atoms with Gasteiger partial charge in [-0.25, -0.2) is 0 Å². The Kier molecular flexibility index (Phi) is 2.35. The second-order valence-corrected chi connectivity index (χ2v) is 4.23. The highest BCUT2D eigenvalue weighted by Crippen LogP contribution is 2.20. The van der Waals surface area contributed by atoms with Gasteiger partial charge in [0.2, 0.25) is 0 Å². The van der Waals surface area contributed by atoms with Crippen molar-refractivity contribution < 1.29 is 0 Å². The van der Waals surface area contributed by atoms with E-state index in [0.717, 1.165) is 19.6 Å². The van der Waals surface area contributed by atoms with Gasteiger partial charge in [-0.3, -0.25) is 0 Å². The molecule has 12 heavy (non-hydrogen) atoms. The van der Waals surface area contributed by atoms with Gasteiger partial charge in [0.05, 0.1) is 0 Å². The first-order valence-electron chi connectivity index (χ1n) is 4.95. The molecule has 0 amide bonds. The molecular weight excluding hydrogens is 150 g/mol. The first kappa shape index (κ1) is 8.48. The molecule has 2 aliphatic heterocycles. The maximum absolute atomic E-state index is 3.66. The van der Waals surface area contributed by atoms with Crippen molar-refractivity contribution in [3.05, 3.63) is 0 Å². The molecule has 70 valence electrons. The molecule has 0 aromatic carbocycles. The first-order chi connectivity index (χ1) is 5.81. The maximum Gasteiger partial charge on any atom is 0.0435 e. The zero-order valence-corrected chi connectivity index (χ0v) is 7.90. The Balaban J connectivity index is 1.97. The second kappa shape index (κ2) is 3.32. The van der Waals surface area contributed by atoms with Gasteiger partial charge >= 0.3 is 0 Å². The second-order valence-electron chi connectivity index (χ2n) is 4.23. The molecule has 0 bridgehead atoms. The molecule has 2 rings (SSSR count). The zero-order chi connectivity index (χ0) is 8.44. The summed E-state index contributed by atoms with van der Waals surface area (Å²) in [6.45, 7) is 5.89. The Labute approximate surface area is 74.5 Å². The summed E-state index contributed by atoms with van der Waals surface area (Å²) in [4.78, 5) is 2.43. The molecule has 0 radical (unpaired) electrons. The summed E-state index contributed by atoms with van der Waals surface area (Å²) in [5.74, 6) is 0. The van der Waals surface area contributed by atoms with Crippen LogP contribution in [0.2, 0.25) is 0 Å². The van der Waals surface area contributed by atoms with E-state index in [4.69, 9.17) is 0 Å². The van der Waals surface area contributed by atoms with Crippen molar-refractivity contribution >= 4 is 0 Å². The van der Waals surface area contributed by atoms with Crippen molar-refractivity contribution in [1.29, 1.82) is 0 Å². The molecule has 2 fully saturated rings.